The number of amides is 2. The summed E-state index contributed by atoms with van der Waals surface area (Å²) < 4.78 is 19.1. The molecular weight excluding hydrogens is 375 g/mol. The van der Waals surface area contributed by atoms with Crippen molar-refractivity contribution in [2.75, 3.05) is 13.1 Å². The quantitative estimate of drug-likeness (QED) is 0.532. The molecule has 0 unspecified atom stereocenters. The van der Waals surface area contributed by atoms with Crippen molar-refractivity contribution >= 4 is 22.7 Å². The zero-order chi connectivity index (χ0) is 21.0. The van der Waals surface area contributed by atoms with Crippen LogP contribution >= 0.6 is 0 Å². The molecule has 0 saturated carbocycles. The van der Waals surface area contributed by atoms with Crippen LogP contribution in [-0.2, 0) is 17.8 Å². The van der Waals surface area contributed by atoms with Gasteiger partial charge in [-0.1, -0.05) is 13.8 Å². The molecule has 0 fully saturated rings. The van der Waals surface area contributed by atoms with Crippen molar-refractivity contribution in [3.8, 4) is 0 Å². The molecule has 0 saturated heterocycles. The number of furan rings is 1. The van der Waals surface area contributed by atoms with Crippen LogP contribution in [0.5, 0.6) is 0 Å². The molecule has 0 aliphatic heterocycles. The third-order valence-corrected chi connectivity index (χ3v) is 4.89. The Morgan fingerprint density at radius 3 is 2.62 bits per heavy atom. The van der Waals surface area contributed by atoms with E-state index in [0.29, 0.717) is 23.3 Å². The number of aromatic amines is 1. The van der Waals surface area contributed by atoms with Crippen LogP contribution in [0.3, 0.4) is 0 Å². The molecule has 0 radical (unpaired) electrons. The summed E-state index contributed by atoms with van der Waals surface area (Å²) >= 11 is 0. The second-order valence-corrected chi connectivity index (χ2v) is 6.82. The summed E-state index contributed by atoms with van der Waals surface area (Å²) in [6.45, 7) is 8.30. The van der Waals surface area contributed by atoms with Crippen LogP contribution in [0, 0.1) is 12.7 Å². The Morgan fingerprint density at radius 1 is 1.14 bits per heavy atom. The first-order valence-electron chi connectivity index (χ1n) is 9.58. The first-order chi connectivity index (χ1) is 13.9. The fourth-order valence-corrected chi connectivity index (χ4v) is 3.23. The number of halogens is 1. The van der Waals surface area contributed by atoms with Gasteiger partial charge in [0.25, 0.3) is 0 Å². The summed E-state index contributed by atoms with van der Waals surface area (Å²) in [6, 6.07) is 7.71. The van der Waals surface area contributed by atoms with E-state index in [1.54, 1.807) is 18.2 Å². The molecule has 3 N–H and O–H groups in total. The zero-order valence-electron chi connectivity index (χ0n) is 16.8. The van der Waals surface area contributed by atoms with Crippen molar-refractivity contribution in [3.63, 3.8) is 0 Å². The standard InChI is InChI=1S/C21H25FN4O3/c1-4-26(5-2)12-15-7-9-19(29-15)21(28)25-24-20(27)11-16-13(3)23-18-8-6-14(22)10-17(16)18/h6-10,23H,4-5,11-12H2,1-3H3,(H,24,27)(H,25,28). The van der Waals surface area contributed by atoms with E-state index in [0.717, 1.165) is 24.3 Å². The van der Waals surface area contributed by atoms with Gasteiger partial charge in [0.05, 0.1) is 13.0 Å². The van der Waals surface area contributed by atoms with Crippen LogP contribution < -0.4 is 10.9 Å². The summed E-state index contributed by atoms with van der Waals surface area (Å²) in [6.07, 6.45) is 0.000924. The van der Waals surface area contributed by atoms with Gasteiger partial charge < -0.3 is 9.40 Å². The average Bonchev–Trinajstić information content (AvgIpc) is 3.29. The minimum absolute atomic E-state index is 0.000924. The van der Waals surface area contributed by atoms with Crippen molar-refractivity contribution in [1.82, 2.24) is 20.7 Å². The van der Waals surface area contributed by atoms with Crippen LogP contribution in [0.25, 0.3) is 10.9 Å². The molecule has 1 aromatic carbocycles. The number of carbonyl (C=O) groups is 2. The molecule has 0 aliphatic rings. The van der Waals surface area contributed by atoms with Gasteiger partial charge in [-0.2, -0.15) is 0 Å². The van der Waals surface area contributed by atoms with Crippen LogP contribution in [0.4, 0.5) is 4.39 Å². The Bertz CT molecular complexity index is 1020. The van der Waals surface area contributed by atoms with Gasteiger partial charge in [0.15, 0.2) is 5.76 Å². The molecule has 2 amide bonds. The highest BCUT2D eigenvalue weighted by Gasteiger charge is 2.16. The predicted molar refractivity (Wildman–Crippen MR) is 108 cm³/mol. The molecular formula is C21H25FN4O3. The Kier molecular flexibility index (Phi) is 6.33. The number of carbonyl (C=O) groups excluding carboxylic acids is 2. The van der Waals surface area contributed by atoms with E-state index in [9.17, 15) is 14.0 Å². The first-order valence-corrected chi connectivity index (χ1v) is 9.58. The second-order valence-electron chi connectivity index (χ2n) is 6.82. The molecule has 7 nitrogen and oxygen atoms in total. The smallest absolute Gasteiger partial charge is 0.305 e. The molecule has 0 atom stereocenters. The minimum Gasteiger partial charge on any atom is -0.454 e. The van der Waals surface area contributed by atoms with Gasteiger partial charge in [-0.05, 0) is 55.9 Å². The SMILES string of the molecule is CCN(CC)Cc1ccc(C(=O)NNC(=O)Cc2c(C)[nH]c3ccc(F)cc23)o1. The van der Waals surface area contributed by atoms with Gasteiger partial charge in [-0.15, -0.1) is 0 Å². The number of hydrogen-bond acceptors (Lipinski definition) is 4. The zero-order valence-corrected chi connectivity index (χ0v) is 16.8. The summed E-state index contributed by atoms with van der Waals surface area (Å²) in [5, 5.41) is 0.649. The fraction of sp³-hybridized carbons (Fsp3) is 0.333. The highest BCUT2D eigenvalue weighted by atomic mass is 19.1. The molecule has 0 bridgehead atoms. The summed E-state index contributed by atoms with van der Waals surface area (Å²) in [5.74, 6) is -0.517. The molecule has 3 rings (SSSR count). The summed E-state index contributed by atoms with van der Waals surface area (Å²) in [4.78, 5) is 29.8. The van der Waals surface area contributed by atoms with Gasteiger partial charge in [-0.3, -0.25) is 25.3 Å². The minimum atomic E-state index is -0.536. The van der Waals surface area contributed by atoms with Crippen molar-refractivity contribution in [2.24, 2.45) is 0 Å². The van der Waals surface area contributed by atoms with Crippen LogP contribution in [-0.4, -0.2) is 34.8 Å². The Balaban J connectivity index is 1.59. The van der Waals surface area contributed by atoms with Crippen LogP contribution in [0.2, 0.25) is 0 Å². The highest BCUT2D eigenvalue weighted by molar-refractivity contribution is 5.94. The number of fused-ring (bicyclic) bond motifs is 1. The molecule has 2 aromatic heterocycles. The fourth-order valence-electron chi connectivity index (χ4n) is 3.23. The third kappa shape index (κ3) is 4.83. The number of H-pyrrole nitrogens is 1. The Labute approximate surface area is 168 Å². The van der Waals surface area contributed by atoms with E-state index in [2.05, 4.69) is 34.6 Å². The molecule has 8 heteroatoms. The monoisotopic (exact) mass is 400 g/mol. The predicted octanol–water partition coefficient (Wildman–Crippen LogP) is 3.05. The van der Waals surface area contributed by atoms with Gasteiger partial charge in [0.1, 0.15) is 11.6 Å². The Hall–Kier alpha value is -3.13. The number of benzene rings is 1. The van der Waals surface area contributed by atoms with E-state index in [4.69, 9.17) is 4.42 Å². The maximum Gasteiger partial charge on any atom is 0.305 e. The average molecular weight is 400 g/mol. The first kappa shape index (κ1) is 20.6. The van der Waals surface area contributed by atoms with E-state index in [1.165, 1.54) is 12.1 Å². The molecule has 154 valence electrons. The van der Waals surface area contributed by atoms with Crippen molar-refractivity contribution in [1.29, 1.82) is 0 Å². The second kappa shape index (κ2) is 8.91. The number of hydrogen-bond donors (Lipinski definition) is 3. The number of nitrogens with one attached hydrogen (secondary N) is 3. The van der Waals surface area contributed by atoms with Gasteiger partial charge in [0.2, 0.25) is 5.91 Å². The lowest BCUT2D eigenvalue weighted by molar-refractivity contribution is -0.121. The molecule has 3 aromatic rings. The summed E-state index contributed by atoms with van der Waals surface area (Å²) in [7, 11) is 0. The number of nitrogens with zero attached hydrogens (tertiary/aromatic N) is 1. The van der Waals surface area contributed by atoms with E-state index < -0.39 is 11.8 Å². The number of hydrazine groups is 1. The van der Waals surface area contributed by atoms with Gasteiger partial charge in [0, 0.05) is 16.6 Å². The molecule has 0 spiro atoms. The van der Waals surface area contributed by atoms with E-state index in [1.807, 2.05) is 6.92 Å². The molecule has 2 heterocycles. The third-order valence-electron chi connectivity index (χ3n) is 4.89. The van der Waals surface area contributed by atoms with Crippen molar-refractivity contribution in [2.45, 2.75) is 33.7 Å². The van der Waals surface area contributed by atoms with Gasteiger partial charge >= 0.3 is 5.91 Å². The number of aromatic nitrogens is 1. The lowest BCUT2D eigenvalue weighted by atomic mass is 10.1. The highest BCUT2D eigenvalue weighted by Crippen LogP contribution is 2.23. The van der Waals surface area contributed by atoms with E-state index in [-0.39, 0.29) is 18.0 Å². The topological polar surface area (TPSA) is 90.4 Å². The molecule has 0 aliphatic carbocycles. The van der Waals surface area contributed by atoms with Crippen LogP contribution in [0.15, 0.2) is 34.7 Å². The maximum atomic E-state index is 13.5. The molecule has 29 heavy (non-hydrogen) atoms. The lowest BCUT2D eigenvalue weighted by Gasteiger charge is -2.15. The lowest BCUT2D eigenvalue weighted by Crippen LogP contribution is -2.42. The maximum absolute atomic E-state index is 13.5. The summed E-state index contributed by atoms with van der Waals surface area (Å²) in [5.41, 5.74) is 6.96. The largest absolute Gasteiger partial charge is 0.454 e. The van der Waals surface area contributed by atoms with E-state index >= 15 is 0 Å². The number of rotatable bonds is 7. The Morgan fingerprint density at radius 2 is 1.90 bits per heavy atom. The van der Waals surface area contributed by atoms with Crippen molar-refractivity contribution < 1.29 is 18.4 Å². The van der Waals surface area contributed by atoms with Gasteiger partial charge in [-0.25, -0.2) is 4.39 Å². The van der Waals surface area contributed by atoms with Crippen LogP contribution in [0.1, 0.15) is 41.4 Å². The van der Waals surface area contributed by atoms with Crippen molar-refractivity contribution in [3.05, 3.63) is 58.9 Å². The number of aryl methyl sites for hydroxylation is 1. The normalized spacial score (nSPS) is 11.2.